The van der Waals surface area contributed by atoms with Gasteiger partial charge in [-0.1, -0.05) is 13.8 Å². The number of aryl methyl sites for hydroxylation is 2. The predicted octanol–water partition coefficient (Wildman–Crippen LogP) is 0.816. The lowest BCUT2D eigenvalue weighted by Gasteiger charge is -2.08. The molecule has 1 heterocycles. The summed E-state index contributed by atoms with van der Waals surface area (Å²) in [4.78, 5) is 0. The Bertz CT molecular complexity index is 291. The first-order chi connectivity index (χ1) is 7.09. The molecule has 0 saturated carbocycles. The molecule has 1 rings (SSSR count). The van der Waals surface area contributed by atoms with E-state index >= 15 is 0 Å². The van der Waals surface area contributed by atoms with Gasteiger partial charge in [0.05, 0.1) is 11.4 Å². The lowest BCUT2D eigenvalue weighted by atomic mass is 10.3. The number of nitrogens with one attached hydrogen (secondary N) is 2. The van der Waals surface area contributed by atoms with Gasteiger partial charge in [-0.25, -0.2) is 0 Å². The predicted molar refractivity (Wildman–Crippen MR) is 62.8 cm³/mol. The van der Waals surface area contributed by atoms with Gasteiger partial charge in [-0.05, 0) is 13.0 Å². The van der Waals surface area contributed by atoms with Crippen molar-refractivity contribution in [3.63, 3.8) is 0 Å². The van der Waals surface area contributed by atoms with Gasteiger partial charge < -0.3 is 10.6 Å². The molecular weight excluding hydrogens is 188 g/mol. The summed E-state index contributed by atoms with van der Waals surface area (Å²) in [7, 11) is 1.98. The van der Waals surface area contributed by atoms with Crippen molar-refractivity contribution in [2.24, 2.45) is 7.05 Å². The SMILES string of the molecule is Cc1cc(CNCCNC(C)C)n(C)n1. The Morgan fingerprint density at radius 3 is 2.67 bits per heavy atom. The van der Waals surface area contributed by atoms with E-state index in [0.29, 0.717) is 6.04 Å². The molecule has 15 heavy (non-hydrogen) atoms. The van der Waals surface area contributed by atoms with Crippen LogP contribution in [0.4, 0.5) is 0 Å². The maximum atomic E-state index is 4.30. The highest BCUT2D eigenvalue weighted by Gasteiger charge is 2.00. The molecule has 1 aromatic rings. The summed E-state index contributed by atoms with van der Waals surface area (Å²) in [5.41, 5.74) is 2.31. The zero-order valence-corrected chi connectivity index (χ0v) is 10.2. The smallest absolute Gasteiger partial charge is 0.0597 e. The second-order valence-electron chi connectivity index (χ2n) is 4.19. The number of hydrogen-bond acceptors (Lipinski definition) is 3. The van der Waals surface area contributed by atoms with E-state index in [4.69, 9.17) is 0 Å². The highest BCUT2D eigenvalue weighted by molar-refractivity contribution is 5.08. The van der Waals surface area contributed by atoms with Gasteiger partial charge in [-0.2, -0.15) is 5.10 Å². The Morgan fingerprint density at radius 2 is 2.13 bits per heavy atom. The van der Waals surface area contributed by atoms with Crippen LogP contribution in [0.15, 0.2) is 6.07 Å². The Hall–Kier alpha value is -0.870. The Labute approximate surface area is 92.1 Å². The van der Waals surface area contributed by atoms with Crippen molar-refractivity contribution >= 4 is 0 Å². The minimum Gasteiger partial charge on any atom is -0.313 e. The van der Waals surface area contributed by atoms with Crippen molar-refractivity contribution in [2.75, 3.05) is 13.1 Å². The third kappa shape index (κ3) is 4.44. The van der Waals surface area contributed by atoms with Gasteiger partial charge in [0.2, 0.25) is 0 Å². The van der Waals surface area contributed by atoms with Crippen molar-refractivity contribution < 1.29 is 0 Å². The lowest BCUT2D eigenvalue weighted by molar-refractivity contribution is 0.546. The molecule has 2 N–H and O–H groups in total. The molecule has 1 aromatic heterocycles. The first-order valence-corrected chi connectivity index (χ1v) is 5.53. The van der Waals surface area contributed by atoms with E-state index in [-0.39, 0.29) is 0 Å². The molecule has 4 heteroatoms. The van der Waals surface area contributed by atoms with E-state index in [9.17, 15) is 0 Å². The average Bonchev–Trinajstić information content (AvgIpc) is 2.44. The van der Waals surface area contributed by atoms with Gasteiger partial charge in [0.1, 0.15) is 0 Å². The first-order valence-electron chi connectivity index (χ1n) is 5.53. The number of nitrogens with zero attached hydrogens (tertiary/aromatic N) is 2. The molecule has 0 spiro atoms. The van der Waals surface area contributed by atoms with Crippen LogP contribution in [0, 0.1) is 6.92 Å². The molecule has 4 nitrogen and oxygen atoms in total. The minimum absolute atomic E-state index is 0.561. The quantitative estimate of drug-likeness (QED) is 0.683. The highest BCUT2D eigenvalue weighted by atomic mass is 15.3. The van der Waals surface area contributed by atoms with Crippen LogP contribution in [0.25, 0.3) is 0 Å². The van der Waals surface area contributed by atoms with Crippen LogP contribution < -0.4 is 10.6 Å². The summed E-state index contributed by atoms with van der Waals surface area (Å²) in [5.74, 6) is 0. The molecule has 0 aliphatic heterocycles. The summed E-state index contributed by atoms with van der Waals surface area (Å²) in [6, 6.07) is 2.67. The number of hydrogen-bond donors (Lipinski definition) is 2. The molecule has 0 aliphatic rings. The van der Waals surface area contributed by atoms with Crippen LogP contribution >= 0.6 is 0 Å². The molecule has 0 unspecified atom stereocenters. The van der Waals surface area contributed by atoms with Gasteiger partial charge in [0, 0.05) is 32.7 Å². The molecule has 0 amide bonds. The summed E-state index contributed by atoms with van der Waals surface area (Å²) in [6.07, 6.45) is 0. The monoisotopic (exact) mass is 210 g/mol. The fourth-order valence-electron chi connectivity index (χ4n) is 1.50. The maximum Gasteiger partial charge on any atom is 0.0597 e. The fraction of sp³-hybridized carbons (Fsp3) is 0.727. The molecule has 0 aliphatic carbocycles. The van der Waals surface area contributed by atoms with Crippen molar-refractivity contribution in [1.82, 2.24) is 20.4 Å². The molecule has 0 atom stereocenters. The van der Waals surface area contributed by atoms with Crippen LogP contribution in [0.1, 0.15) is 25.2 Å². The normalized spacial score (nSPS) is 11.3. The zero-order valence-electron chi connectivity index (χ0n) is 10.2. The molecule has 0 aromatic carbocycles. The third-order valence-electron chi connectivity index (χ3n) is 2.26. The fourth-order valence-corrected chi connectivity index (χ4v) is 1.50. The second kappa shape index (κ2) is 5.88. The van der Waals surface area contributed by atoms with Gasteiger partial charge in [0.15, 0.2) is 0 Å². The third-order valence-corrected chi connectivity index (χ3v) is 2.26. The summed E-state index contributed by atoms with van der Waals surface area (Å²) >= 11 is 0. The van der Waals surface area contributed by atoms with Crippen LogP contribution in [0.3, 0.4) is 0 Å². The summed E-state index contributed by atoms with van der Waals surface area (Å²) in [5, 5.41) is 11.1. The first kappa shape index (κ1) is 12.2. The molecular formula is C11H22N4. The van der Waals surface area contributed by atoms with Crippen molar-refractivity contribution in [2.45, 2.75) is 33.4 Å². The van der Waals surface area contributed by atoms with Crippen LogP contribution in [0.5, 0.6) is 0 Å². The topological polar surface area (TPSA) is 41.9 Å². The largest absolute Gasteiger partial charge is 0.313 e. The van der Waals surface area contributed by atoms with E-state index < -0.39 is 0 Å². The van der Waals surface area contributed by atoms with Gasteiger partial charge in [-0.15, -0.1) is 0 Å². The van der Waals surface area contributed by atoms with Crippen molar-refractivity contribution in [3.05, 3.63) is 17.5 Å². The molecule has 0 bridgehead atoms. The van der Waals surface area contributed by atoms with Crippen molar-refractivity contribution in [3.8, 4) is 0 Å². The van der Waals surface area contributed by atoms with Gasteiger partial charge in [0.25, 0.3) is 0 Å². The van der Waals surface area contributed by atoms with Gasteiger partial charge >= 0.3 is 0 Å². The Balaban J connectivity index is 2.17. The maximum absolute atomic E-state index is 4.30. The van der Waals surface area contributed by atoms with Crippen LogP contribution in [-0.4, -0.2) is 28.9 Å². The second-order valence-corrected chi connectivity index (χ2v) is 4.19. The Morgan fingerprint density at radius 1 is 1.40 bits per heavy atom. The zero-order chi connectivity index (χ0) is 11.3. The minimum atomic E-state index is 0.561. The van der Waals surface area contributed by atoms with Crippen LogP contribution in [-0.2, 0) is 13.6 Å². The molecule has 0 saturated heterocycles. The van der Waals surface area contributed by atoms with Crippen LogP contribution in [0.2, 0.25) is 0 Å². The summed E-state index contributed by atoms with van der Waals surface area (Å²) < 4.78 is 1.93. The van der Waals surface area contributed by atoms with E-state index in [1.165, 1.54) is 5.69 Å². The lowest BCUT2D eigenvalue weighted by Crippen LogP contribution is -2.31. The van der Waals surface area contributed by atoms with E-state index in [1.807, 2.05) is 18.7 Å². The van der Waals surface area contributed by atoms with E-state index in [2.05, 4.69) is 35.6 Å². The average molecular weight is 210 g/mol. The molecule has 0 radical (unpaired) electrons. The van der Waals surface area contributed by atoms with Crippen molar-refractivity contribution in [1.29, 1.82) is 0 Å². The highest BCUT2D eigenvalue weighted by Crippen LogP contribution is 2.00. The van der Waals surface area contributed by atoms with E-state index in [0.717, 1.165) is 25.3 Å². The summed E-state index contributed by atoms with van der Waals surface area (Å²) in [6.45, 7) is 9.22. The molecule has 86 valence electrons. The Kier molecular flexibility index (Phi) is 4.78. The number of rotatable bonds is 6. The number of aromatic nitrogens is 2. The van der Waals surface area contributed by atoms with E-state index in [1.54, 1.807) is 0 Å². The standard InChI is InChI=1S/C11H22N4/c1-9(2)13-6-5-12-8-11-7-10(3)14-15(11)4/h7,9,12-13H,5-6,8H2,1-4H3. The molecule has 0 fully saturated rings. The van der Waals surface area contributed by atoms with Gasteiger partial charge in [-0.3, -0.25) is 4.68 Å².